The van der Waals surface area contributed by atoms with Gasteiger partial charge in [0.2, 0.25) is 10.0 Å². The Hall–Kier alpha value is -0.920. The van der Waals surface area contributed by atoms with E-state index in [4.69, 9.17) is 4.52 Å². The molecule has 0 unspecified atom stereocenters. The first-order valence-electron chi connectivity index (χ1n) is 7.06. The summed E-state index contributed by atoms with van der Waals surface area (Å²) in [6.07, 6.45) is 0.668. The Morgan fingerprint density at radius 3 is 2.35 bits per heavy atom. The molecule has 114 valence electrons. The molecule has 0 bridgehead atoms. The normalized spacial score (nSPS) is 18.6. The minimum Gasteiger partial charge on any atom is -0.361 e. The quantitative estimate of drug-likeness (QED) is 0.816. The van der Waals surface area contributed by atoms with Crippen LogP contribution in [0.25, 0.3) is 0 Å². The zero-order valence-corrected chi connectivity index (χ0v) is 13.2. The van der Waals surface area contributed by atoms with Crippen LogP contribution in [0, 0.1) is 13.8 Å². The summed E-state index contributed by atoms with van der Waals surface area (Å²) in [6.45, 7) is 9.19. The molecular weight excluding hydrogens is 278 g/mol. The second-order valence-electron chi connectivity index (χ2n) is 5.29. The Kier molecular flexibility index (Phi) is 4.82. The monoisotopic (exact) mass is 301 g/mol. The van der Waals surface area contributed by atoms with Gasteiger partial charge in [0.15, 0.2) is 0 Å². The van der Waals surface area contributed by atoms with Crippen LogP contribution < -0.4 is 0 Å². The molecule has 1 aliphatic rings. The van der Waals surface area contributed by atoms with Gasteiger partial charge in [0.05, 0.1) is 11.4 Å². The number of rotatable bonds is 5. The van der Waals surface area contributed by atoms with E-state index in [-0.39, 0.29) is 5.75 Å². The topological polar surface area (TPSA) is 66.7 Å². The first kappa shape index (κ1) is 15.5. The number of sulfonamides is 1. The largest absolute Gasteiger partial charge is 0.361 e. The SMILES string of the molecule is CCCS(=O)(=O)N1CCN(Cc2c(C)noc2C)CC1. The number of aromatic nitrogens is 1. The summed E-state index contributed by atoms with van der Waals surface area (Å²) in [7, 11) is -3.06. The Morgan fingerprint density at radius 1 is 1.20 bits per heavy atom. The van der Waals surface area contributed by atoms with Gasteiger partial charge < -0.3 is 4.52 Å². The Morgan fingerprint density at radius 2 is 1.85 bits per heavy atom. The van der Waals surface area contributed by atoms with Gasteiger partial charge in [-0.05, 0) is 20.3 Å². The zero-order chi connectivity index (χ0) is 14.8. The molecule has 0 spiro atoms. The molecule has 0 radical (unpaired) electrons. The molecule has 0 atom stereocenters. The fourth-order valence-corrected chi connectivity index (χ4v) is 4.00. The van der Waals surface area contributed by atoms with Gasteiger partial charge >= 0.3 is 0 Å². The average molecular weight is 301 g/mol. The van der Waals surface area contributed by atoms with Crippen LogP contribution in [0.4, 0.5) is 0 Å². The summed E-state index contributed by atoms with van der Waals surface area (Å²) in [5.74, 6) is 1.10. The Labute approximate surface area is 120 Å². The van der Waals surface area contributed by atoms with Crippen LogP contribution in [0.15, 0.2) is 4.52 Å². The smallest absolute Gasteiger partial charge is 0.214 e. The van der Waals surface area contributed by atoms with Crippen molar-refractivity contribution in [2.45, 2.75) is 33.7 Å². The molecule has 0 N–H and O–H groups in total. The predicted molar refractivity (Wildman–Crippen MR) is 76.9 cm³/mol. The van der Waals surface area contributed by atoms with Gasteiger partial charge in [-0.25, -0.2) is 8.42 Å². The average Bonchev–Trinajstić information content (AvgIpc) is 2.71. The van der Waals surface area contributed by atoms with E-state index in [9.17, 15) is 8.42 Å². The van der Waals surface area contributed by atoms with Gasteiger partial charge in [0.25, 0.3) is 0 Å². The van der Waals surface area contributed by atoms with E-state index in [0.717, 1.165) is 36.7 Å². The van der Waals surface area contributed by atoms with Crippen molar-refractivity contribution < 1.29 is 12.9 Å². The lowest BCUT2D eigenvalue weighted by atomic mass is 10.2. The molecule has 0 amide bonds. The number of aryl methyl sites for hydroxylation is 2. The molecule has 2 heterocycles. The number of nitrogens with zero attached hydrogens (tertiary/aromatic N) is 3. The van der Waals surface area contributed by atoms with Crippen LogP contribution in [-0.4, -0.2) is 54.7 Å². The van der Waals surface area contributed by atoms with Crippen molar-refractivity contribution >= 4 is 10.0 Å². The summed E-state index contributed by atoms with van der Waals surface area (Å²) in [4.78, 5) is 2.25. The van der Waals surface area contributed by atoms with Crippen molar-refractivity contribution in [1.82, 2.24) is 14.4 Å². The maximum Gasteiger partial charge on any atom is 0.214 e. The molecule has 7 heteroatoms. The highest BCUT2D eigenvalue weighted by Crippen LogP contribution is 2.17. The molecule has 0 saturated carbocycles. The van der Waals surface area contributed by atoms with E-state index >= 15 is 0 Å². The van der Waals surface area contributed by atoms with E-state index < -0.39 is 10.0 Å². The number of hydrogen-bond donors (Lipinski definition) is 0. The Bertz CT molecular complexity index is 526. The third-order valence-electron chi connectivity index (χ3n) is 3.75. The summed E-state index contributed by atoms with van der Waals surface area (Å²) in [5.41, 5.74) is 2.04. The molecule has 20 heavy (non-hydrogen) atoms. The molecule has 6 nitrogen and oxygen atoms in total. The van der Waals surface area contributed by atoms with Crippen LogP contribution in [-0.2, 0) is 16.6 Å². The van der Waals surface area contributed by atoms with Crippen molar-refractivity contribution in [3.05, 3.63) is 17.0 Å². The highest BCUT2D eigenvalue weighted by atomic mass is 32.2. The third kappa shape index (κ3) is 3.39. The fourth-order valence-electron chi connectivity index (χ4n) is 2.50. The molecule has 1 aliphatic heterocycles. The summed E-state index contributed by atoms with van der Waals surface area (Å²) < 4.78 is 30.8. The number of piperazine rings is 1. The standard InChI is InChI=1S/C13H23N3O3S/c1-4-9-20(17,18)16-7-5-15(6-8-16)10-13-11(2)14-19-12(13)3/h4-10H2,1-3H3. The highest BCUT2D eigenvalue weighted by Gasteiger charge is 2.26. The Balaban J connectivity index is 1.92. The maximum absolute atomic E-state index is 12.0. The van der Waals surface area contributed by atoms with Gasteiger partial charge in [0, 0.05) is 38.3 Å². The van der Waals surface area contributed by atoms with E-state index in [1.165, 1.54) is 0 Å². The van der Waals surface area contributed by atoms with Crippen molar-refractivity contribution in [3.8, 4) is 0 Å². The van der Waals surface area contributed by atoms with Gasteiger partial charge in [-0.15, -0.1) is 0 Å². The third-order valence-corrected chi connectivity index (χ3v) is 5.83. The van der Waals surface area contributed by atoms with Crippen molar-refractivity contribution in [1.29, 1.82) is 0 Å². The van der Waals surface area contributed by atoms with E-state index in [1.54, 1.807) is 4.31 Å². The first-order chi connectivity index (χ1) is 9.44. The van der Waals surface area contributed by atoms with Crippen LogP contribution in [0.2, 0.25) is 0 Å². The lowest BCUT2D eigenvalue weighted by Crippen LogP contribution is -2.48. The van der Waals surface area contributed by atoms with Crippen molar-refractivity contribution in [2.75, 3.05) is 31.9 Å². The van der Waals surface area contributed by atoms with Gasteiger partial charge in [-0.2, -0.15) is 4.31 Å². The summed E-state index contributed by atoms with van der Waals surface area (Å²) >= 11 is 0. The zero-order valence-electron chi connectivity index (χ0n) is 12.4. The summed E-state index contributed by atoms with van der Waals surface area (Å²) in [6, 6.07) is 0. The lowest BCUT2D eigenvalue weighted by Gasteiger charge is -2.33. The predicted octanol–water partition coefficient (Wildman–Crippen LogP) is 1.15. The van der Waals surface area contributed by atoms with Crippen LogP contribution >= 0.6 is 0 Å². The second kappa shape index (κ2) is 6.24. The van der Waals surface area contributed by atoms with E-state index in [1.807, 2.05) is 20.8 Å². The van der Waals surface area contributed by atoms with E-state index in [0.29, 0.717) is 19.5 Å². The molecule has 1 fully saturated rings. The lowest BCUT2D eigenvalue weighted by molar-refractivity contribution is 0.180. The first-order valence-corrected chi connectivity index (χ1v) is 8.67. The van der Waals surface area contributed by atoms with Crippen LogP contribution in [0.1, 0.15) is 30.4 Å². The molecule has 0 aliphatic carbocycles. The number of hydrogen-bond acceptors (Lipinski definition) is 5. The van der Waals surface area contributed by atoms with Crippen LogP contribution in [0.3, 0.4) is 0 Å². The van der Waals surface area contributed by atoms with E-state index in [2.05, 4.69) is 10.1 Å². The molecule has 0 aromatic carbocycles. The van der Waals surface area contributed by atoms with Crippen LogP contribution in [0.5, 0.6) is 0 Å². The fraction of sp³-hybridized carbons (Fsp3) is 0.769. The van der Waals surface area contributed by atoms with Gasteiger partial charge in [-0.1, -0.05) is 12.1 Å². The maximum atomic E-state index is 12.0. The molecule has 2 rings (SSSR count). The summed E-state index contributed by atoms with van der Waals surface area (Å²) in [5, 5.41) is 3.95. The molecular formula is C13H23N3O3S. The van der Waals surface area contributed by atoms with Crippen molar-refractivity contribution in [3.63, 3.8) is 0 Å². The van der Waals surface area contributed by atoms with Gasteiger partial charge in [-0.3, -0.25) is 4.90 Å². The minimum absolute atomic E-state index is 0.247. The molecule has 1 saturated heterocycles. The van der Waals surface area contributed by atoms with Gasteiger partial charge in [0.1, 0.15) is 5.76 Å². The minimum atomic E-state index is -3.06. The molecule has 1 aromatic rings. The van der Waals surface area contributed by atoms with Crippen molar-refractivity contribution in [2.24, 2.45) is 0 Å². The highest BCUT2D eigenvalue weighted by molar-refractivity contribution is 7.89. The molecule has 1 aromatic heterocycles. The second-order valence-corrected chi connectivity index (χ2v) is 7.38.